The molecule has 1 N–H and O–H groups in total. The maximum Gasteiger partial charge on any atom is 0.220 e. The van der Waals surface area contributed by atoms with E-state index in [0.29, 0.717) is 35.2 Å². The Labute approximate surface area is 156 Å². The molecular weight excluding hydrogens is 355 g/mol. The van der Waals surface area contributed by atoms with Gasteiger partial charge in [-0.25, -0.2) is 9.37 Å². The lowest BCUT2D eigenvalue weighted by molar-refractivity contribution is -0.121. The van der Waals surface area contributed by atoms with Gasteiger partial charge in [0.05, 0.1) is 11.8 Å². The number of benzene rings is 2. The van der Waals surface area contributed by atoms with Crippen molar-refractivity contribution in [3.05, 3.63) is 77.0 Å². The lowest BCUT2D eigenvalue weighted by Crippen LogP contribution is -2.25. The molecule has 3 aromatic rings. The van der Waals surface area contributed by atoms with Crippen LogP contribution in [0.25, 0.3) is 11.3 Å². The fraction of sp³-hybridized carbons (Fsp3) is 0.200. The summed E-state index contributed by atoms with van der Waals surface area (Å²) in [5.74, 6) is 0.331. The van der Waals surface area contributed by atoms with Crippen molar-refractivity contribution >= 4 is 17.5 Å². The Morgan fingerprint density at radius 2 is 1.88 bits per heavy atom. The van der Waals surface area contributed by atoms with Crippen LogP contribution in [-0.4, -0.2) is 17.4 Å². The van der Waals surface area contributed by atoms with Crippen LogP contribution in [0.4, 0.5) is 4.39 Å². The molecule has 0 aliphatic carbocycles. The highest BCUT2D eigenvalue weighted by Gasteiger charge is 2.11. The van der Waals surface area contributed by atoms with E-state index in [-0.39, 0.29) is 18.1 Å². The number of aryl methyl sites for hydroxylation is 1. The molecule has 0 aliphatic heterocycles. The van der Waals surface area contributed by atoms with E-state index in [0.717, 1.165) is 12.0 Å². The Balaban J connectivity index is 1.45. The second-order valence-electron chi connectivity index (χ2n) is 5.82. The maximum absolute atomic E-state index is 13.7. The highest BCUT2D eigenvalue weighted by atomic mass is 35.5. The van der Waals surface area contributed by atoms with E-state index in [9.17, 15) is 9.18 Å². The van der Waals surface area contributed by atoms with Gasteiger partial charge in [-0.3, -0.25) is 4.79 Å². The van der Waals surface area contributed by atoms with Crippen LogP contribution in [-0.2, 0) is 17.6 Å². The summed E-state index contributed by atoms with van der Waals surface area (Å²) in [6.45, 7) is 0.548. The number of halogens is 2. The Morgan fingerprint density at radius 3 is 2.65 bits per heavy atom. The van der Waals surface area contributed by atoms with E-state index in [1.807, 2.05) is 24.3 Å². The van der Waals surface area contributed by atoms with Gasteiger partial charge in [0, 0.05) is 24.4 Å². The summed E-state index contributed by atoms with van der Waals surface area (Å²) in [6, 6.07) is 13.9. The number of hydrogen-bond donors (Lipinski definition) is 1. The van der Waals surface area contributed by atoms with Gasteiger partial charge in [-0.1, -0.05) is 35.9 Å². The van der Waals surface area contributed by atoms with Crippen LogP contribution in [0.3, 0.4) is 0 Å². The summed E-state index contributed by atoms with van der Waals surface area (Å²) in [5.41, 5.74) is 1.47. The number of carbonyl (C=O) groups excluding carboxylic acids is 1. The second-order valence-corrected chi connectivity index (χ2v) is 6.26. The van der Waals surface area contributed by atoms with Gasteiger partial charge < -0.3 is 9.73 Å². The predicted molar refractivity (Wildman–Crippen MR) is 98.4 cm³/mol. The first kappa shape index (κ1) is 18.1. The monoisotopic (exact) mass is 372 g/mol. The van der Waals surface area contributed by atoms with E-state index >= 15 is 0 Å². The number of aromatic nitrogens is 1. The third kappa shape index (κ3) is 4.92. The Kier molecular flexibility index (Phi) is 6.02. The van der Waals surface area contributed by atoms with Crippen molar-refractivity contribution in [1.82, 2.24) is 10.3 Å². The molecule has 1 aromatic heterocycles. The Bertz CT molecular complexity index is 878. The lowest BCUT2D eigenvalue weighted by atomic mass is 10.1. The molecule has 0 atom stereocenters. The predicted octanol–water partition coefficient (Wildman–Crippen LogP) is 4.43. The molecule has 26 heavy (non-hydrogen) atoms. The molecule has 0 radical (unpaired) electrons. The van der Waals surface area contributed by atoms with Crippen LogP contribution in [0.2, 0.25) is 5.02 Å². The first-order chi connectivity index (χ1) is 12.6. The van der Waals surface area contributed by atoms with Gasteiger partial charge >= 0.3 is 0 Å². The second kappa shape index (κ2) is 8.63. The van der Waals surface area contributed by atoms with E-state index in [1.54, 1.807) is 18.2 Å². The SMILES string of the molecule is O=C(CCc1ncc(-c2ccccc2F)o1)NCCc1ccc(Cl)cc1. The molecule has 1 heterocycles. The van der Waals surface area contributed by atoms with Gasteiger partial charge in [0.25, 0.3) is 0 Å². The van der Waals surface area contributed by atoms with Crippen molar-refractivity contribution in [3.8, 4) is 11.3 Å². The minimum absolute atomic E-state index is 0.0791. The van der Waals surface area contributed by atoms with E-state index in [1.165, 1.54) is 12.3 Å². The van der Waals surface area contributed by atoms with Crippen molar-refractivity contribution in [2.45, 2.75) is 19.3 Å². The zero-order valence-corrected chi connectivity index (χ0v) is 14.8. The molecule has 0 aliphatic rings. The summed E-state index contributed by atoms with van der Waals surface area (Å²) in [7, 11) is 0. The summed E-state index contributed by atoms with van der Waals surface area (Å²) < 4.78 is 19.3. The number of oxazole rings is 1. The lowest BCUT2D eigenvalue weighted by Gasteiger charge is -2.05. The zero-order chi connectivity index (χ0) is 18.4. The zero-order valence-electron chi connectivity index (χ0n) is 14.0. The Hall–Kier alpha value is -2.66. The van der Waals surface area contributed by atoms with E-state index in [4.69, 9.17) is 16.0 Å². The van der Waals surface area contributed by atoms with Crippen LogP contribution in [0, 0.1) is 5.82 Å². The van der Waals surface area contributed by atoms with Gasteiger partial charge in [0.1, 0.15) is 5.82 Å². The molecule has 0 bridgehead atoms. The molecule has 4 nitrogen and oxygen atoms in total. The highest BCUT2D eigenvalue weighted by molar-refractivity contribution is 6.30. The van der Waals surface area contributed by atoms with Crippen molar-refractivity contribution in [3.63, 3.8) is 0 Å². The highest BCUT2D eigenvalue weighted by Crippen LogP contribution is 2.23. The van der Waals surface area contributed by atoms with Crippen LogP contribution >= 0.6 is 11.6 Å². The molecule has 134 valence electrons. The van der Waals surface area contributed by atoms with Crippen molar-refractivity contribution in [1.29, 1.82) is 0 Å². The van der Waals surface area contributed by atoms with Crippen molar-refractivity contribution in [2.24, 2.45) is 0 Å². The summed E-state index contributed by atoms with van der Waals surface area (Å²) in [6.07, 6.45) is 2.84. The molecule has 0 saturated carbocycles. The fourth-order valence-corrected chi connectivity index (χ4v) is 2.64. The smallest absolute Gasteiger partial charge is 0.220 e. The fourth-order valence-electron chi connectivity index (χ4n) is 2.52. The van der Waals surface area contributed by atoms with Crippen LogP contribution in [0.15, 0.2) is 59.1 Å². The number of nitrogens with zero attached hydrogens (tertiary/aromatic N) is 1. The minimum atomic E-state index is -0.366. The third-order valence-corrected chi connectivity index (χ3v) is 4.16. The molecule has 0 fully saturated rings. The molecule has 0 spiro atoms. The molecule has 3 rings (SSSR count). The number of nitrogens with one attached hydrogen (secondary N) is 1. The molecule has 0 unspecified atom stereocenters. The molecule has 0 saturated heterocycles. The van der Waals surface area contributed by atoms with E-state index < -0.39 is 0 Å². The average molecular weight is 373 g/mol. The van der Waals surface area contributed by atoms with Crippen LogP contribution in [0.5, 0.6) is 0 Å². The van der Waals surface area contributed by atoms with Gasteiger partial charge in [-0.2, -0.15) is 0 Å². The standard InChI is InChI=1S/C20H18ClFN2O2/c21-15-7-5-14(6-8-15)11-12-23-19(25)9-10-20-24-13-18(26-20)16-3-1-2-4-17(16)22/h1-8,13H,9-12H2,(H,23,25). The maximum atomic E-state index is 13.7. The first-order valence-electron chi connectivity index (χ1n) is 8.32. The number of hydrogen-bond acceptors (Lipinski definition) is 3. The van der Waals surface area contributed by atoms with Gasteiger partial charge in [0.15, 0.2) is 11.7 Å². The normalized spacial score (nSPS) is 10.7. The topological polar surface area (TPSA) is 55.1 Å². The summed E-state index contributed by atoms with van der Waals surface area (Å²) in [4.78, 5) is 16.0. The molecule has 1 amide bonds. The average Bonchev–Trinajstić information content (AvgIpc) is 3.11. The van der Waals surface area contributed by atoms with Crippen molar-refractivity contribution < 1.29 is 13.6 Å². The Morgan fingerprint density at radius 1 is 1.12 bits per heavy atom. The number of carbonyl (C=O) groups is 1. The van der Waals surface area contributed by atoms with Crippen LogP contribution in [0.1, 0.15) is 17.9 Å². The molecular formula is C20H18ClFN2O2. The van der Waals surface area contributed by atoms with Crippen molar-refractivity contribution in [2.75, 3.05) is 6.54 Å². The quantitative estimate of drug-likeness (QED) is 0.667. The molecule has 2 aromatic carbocycles. The summed E-state index contributed by atoms with van der Waals surface area (Å²) >= 11 is 5.84. The largest absolute Gasteiger partial charge is 0.441 e. The number of amides is 1. The van der Waals surface area contributed by atoms with Crippen LogP contribution < -0.4 is 5.32 Å². The van der Waals surface area contributed by atoms with Gasteiger partial charge in [-0.05, 0) is 36.2 Å². The number of rotatable bonds is 7. The van der Waals surface area contributed by atoms with Gasteiger partial charge in [0.2, 0.25) is 5.91 Å². The third-order valence-electron chi connectivity index (χ3n) is 3.91. The molecule has 6 heteroatoms. The van der Waals surface area contributed by atoms with E-state index in [2.05, 4.69) is 10.3 Å². The first-order valence-corrected chi connectivity index (χ1v) is 8.70. The van der Waals surface area contributed by atoms with Gasteiger partial charge in [-0.15, -0.1) is 0 Å². The minimum Gasteiger partial charge on any atom is -0.441 e. The summed E-state index contributed by atoms with van der Waals surface area (Å²) in [5, 5.41) is 3.56.